The lowest BCUT2D eigenvalue weighted by molar-refractivity contribution is -0.127. The van der Waals surface area contributed by atoms with Gasteiger partial charge in [-0.3, -0.25) is 0 Å². The van der Waals surface area contributed by atoms with Crippen molar-refractivity contribution in [3.05, 3.63) is 0 Å². The van der Waals surface area contributed by atoms with Crippen LogP contribution in [0.15, 0.2) is 0 Å². The van der Waals surface area contributed by atoms with Gasteiger partial charge < -0.3 is 15.8 Å². The highest BCUT2D eigenvalue weighted by Crippen LogP contribution is 2.57. The molecule has 4 bridgehead atoms. The molecular formula is C14H24N2O2. The molecule has 0 aromatic rings. The summed E-state index contributed by atoms with van der Waals surface area (Å²) >= 11 is 0. The van der Waals surface area contributed by atoms with E-state index < -0.39 is 0 Å². The van der Waals surface area contributed by atoms with Gasteiger partial charge in [0.1, 0.15) is 5.60 Å². The Balaban J connectivity index is 1.60. The third kappa shape index (κ3) is 2.35. The van der Waals surface area contributed by atoms with E-state index in [9.17, 15) is 4.79 Å². The fourth-order valence-corrected chi connectivity index (χ4v) is 4.63. The summed E-state index contributed by atoms with van der Waals surface area (Å²) in [6.45, 7) is 2.37. The second kappa shape index (κ2) is 4.41. The van der Waals surface area contributed by atoms with E-state index in [1.165, 1.54) is 19.3 Å². The summed E-state index contributed by atoms with van der Waals surface area (Å²) < 4.78 is 5.80. The van der Waals surface area contributed by atoms with Gasteiger partial charge in [-0.25, -0.2) is 4.79 Å². The molecule has 4 fully saturated rings. The highest BCUT2D eigenvalue weighted by molar-refractivity contribution is 5.67. The van der Waals surface area contributed by atoms with Crippen molar-refractivity contribution in [1.82, 2.24) is 5.32 Å². The Morgan fingerprint density at radius 1 is 1.28 bits per heavy atom. The molecule has 1 unspecified atom stereocenters. The molecule has 0 aromatic heterocycles. The minimum atomic E-state index is -0.269. The Hall–Kier alpha value is -0.770. The first-order valence-electron chi connectivity index (χ1n) is 7.27. The van der Waals surface area contributed by atoms with Crippen LogP contribution in [0.2, 0.25) is 0 Å². The number of hydrogen-bond donors (Lipinski definition) is 2. The second-order valence-electron chi connectivity index (χ2n) is 6.85. The minimum absolute atomic E-state index is 0.0195. The molecule has 0 aromatic carbocycles. The average Bonchev–Trinajstić information content (AvgIpc) is 2.23. The molecule has 4 nitrogen and oxygen atoms in total. The van der Waals surface area contributed by atoms with Crippen LogP contribution >= 0.6 is 0 Å². The van der Waals surface area contributed by atoms with E-state index >= 15 is 0 Å². The highest BCUT2D eigenvalue weighted by Gasteiger charge is 2.53. The van der Waals surface area contributed by atoms with Gasteiger partial charge in [0, 0.05) is 12.6 Å². The Morgan fingerprint density at radius 3 is 2.22 bits per heavy atom. The molecule has 0 saturated heterocycles. The Morgan fingerprint density at radius 2 is 1.78 bits per heavy atom. The number of carbonyl (C=O) groups excluding carboxylic acids is 1. The zero-order valence-corrected chi connectivity index (χ0v) is 11.2. The van der Waals surface area contributed by atoms with Crippen LogP contribution in [0.5, 0.6) is 0 Å². The zero-order chi connectivity index (χ0) is 12.8. The first kappa shape index (κ1) is 12.3. The Bertz CT molecular complexity index is 305. The molecule has 0 spiro atoms. The monoisotopic (exact) mass is 252 g/mol. The molecule has 3 N–H and O–H groups in total. The third-order valence-corrected chi connectivity index (χ3v) is 4.86. The molecule has 4 saturated carbocycles. The topological polar surface area (TPSA) is 64.3 Å². The molecule has 0 radical (unpaired) electrons. The first-order valence-corrected chi connectivity index (χ1v) is 7.27. The van der Waals surface area contributed by atoms with Crippen LogP contribution in [0.3, 0.4) is 0 Å². The standard InChI is InChI=1S/C14H24N2O2/c1-9(15)8-16-13(17)18-14-5-10-2-11(6-14)4-12(3-10)7-14/h9-12H,2-8,15H2,1H3,(H,16,17). The first-order chi connectivity index (χ1) is 8.55. The maximum atomic E-state index is 11.8. The van der Waals surface area contributed by atoms with E-state index in [0.717, 1.165) is 37.0 Å². The summed E-state index contributed by atoms with van der Waals surface area (Å²) in [7, 11) is 0. The van der Waals surface area contributed by atoms with Crippen LogP contribution in [-0.4, -0.2) is 24.3 Å². The molecule has 0 aliphatic heterocycles. The van der Waals surface area contributed by atoms with Gasteiger partial charge in [-0.15, -0.1) is 0 Å². The molecule has 18 heavy (non-hydrogen) atoms. The van der Waals surface area contributed by atoms with Gasteiger partial charge in [0.2, 0.25) is 0 Å². The third-order valence-electron chi connectivity index (χ3n) is 4.86. The second-order valence-corrected chi connectivity index (χ2v) is 6.85. The normalized spacial score (nSPS) is 42.7. The summed E-state index contributed by atoms with van der Waals surface area (Å²) in [6.07, 6.45) is 7.09. The van der Waals surface area contributed by atoms with Crippen molar-refractivity contribution in [2.45, 2.75) is 57.1 Å². The smallest absolute Gasteiger partial charge is 0.407 e. The van der Waals surface area contributed by atoms with Crippen molar-refractivity contribution < 1.29 is 9.53 Å². The summed E-state index contributed by atoms with van der Waals surface area (Å²) in [6, 6.07) is -0.0195. The van der Waals surface area contributed by atoms with E-state index in [-0.39, 0.29) is 17.7 Å². The number of carbonyl (C=O) groups is 1. The number of amides is 1. The predicted octanol–water partition coefficient (Wildman–Crippen LogP) is 2.03. The summed E-state index contributed by atoms with van der Waals surface area (Å²) in [5.74, 6) is 2.41. The zero-order valence-electron chi connectivity index (χ0n) is 11.2. The van der Waals surface area contributed by atoms with Crippen molar-refractivity contribution in [2.75, 3.05) is 6.54 Å². The van der Waals surface area contributed by atoms with Crippen LogP contribution in [0.25, 0.3) is 0 Å². The molecule has 4 heteroatoms. The number of hydrogen-bond acceptors (Lipinski definition) is 3. The fourth-order valence-electron chi connectivity index (χ4n) is 4.63. The quantitative estimate of drug-likeness (QED) is 0.807. The maximum Gasteiger partial charge on any atom is 0.407 e. The van der Waals surface area contributed by atoms with Gasteiger partial charge in [-0.2, -0.15) is 0 Å². The van der Waals surface area contributed by atoms with Crippen LogP contribution in [0.1, 0.15) is 45.4 Å². The van der Waals surface area contributed by atoms with E-state index in [4.69, 9.17) is 10.5 Å². The average molecular weight is 252 g/mol. The Kier molecular flexibility index (Phi) is 3.00. The SMILES string of the molecule is CC(N)CNC(=O)OC12CC3CC(CC(C3)C1)C2. The van der Waals surface area contributed by atoms with Gasteiger partial charge in [0.05, 0.1) is 0 Å². The van der Waals surface area contributed by atoms with Gasteiger partial charge in [-0.05, 0) is 63.2 Å². The highest BCUT2D eigenvalue weighted by atomic mass is 16.6. The van der Waals surface area contributed by atoms with Crippen LogP contribution in [-0.2, 0) is 4.74 Å². The minimum Gasteiger partial charge on any atom is -0.443 e. The summed E-state index contributed by atoms with van der Waals surface area (Å²) in [5.41, 5.74) is 5.49. The molecule has 1 atom stereocenters. The molecule has 0 heterocycles. The van der Waals surface area contributed by atoms with Gasteiger partial charge in [0.25, 0.3) is 0 Å². The van der Waals surface area contributed by atoms with E-state index in [2.05, 4.69) is 5.32 Å². The van der Waals surface area contributed by atoms with E-state index in [1.54, 1.807) is 0 Å². The van der Waals surface area contributed by atoms with Gasteiger partial charge >= 0.3 is 6.09 Å². The van der Waals surface area contributed by atoms with Crippen molar-refractivity contribution in [2.24, 2.45) is 23.5 Å². The largest absolute Gasteiger partial charge is 0.443 e. The van der Waals surface area contributed by atoms with Crippen molar-refractivity contribution in [3.8, 4) is 0 Å². The number of nitrogens with one attached hydrogen (secondary N) is 1. The van der Waals surface area contributed by atoms with E-state index in [1.807, 2.05) is 6.92 Å². The maximum absolute atomic E-state index is 11.8. The van der Waals surface area contributed by atoms with Crippen molar-refractivity contribution in [3.63, 3.8) is 0 Å². The lowest BCUT2D eigenvalue weighted by atomic mass is 9.54. The Labute approximate surface area is 109 Å². The lowest BCUT2D eigenvalue weighted by Crippen LogP contribution is -2.54. The van der Waals surface area contributed by atoms with Gasteiger partial charge in [0.15, 0.2) is 0 Å². The van der Waals surface area contributed by atoms with E-state index in [0.29, 0.717) is 6.54 Å². The van der Waals surface area contributed by atoms with Crippen LogP contribution in [0.4, 0.5) is 4.79 Å². The summed E-state index contributed by atoms with van der Waals surface area (Å²) in [5, 5.41) is 2.77. The fraction of sp³-hybridized carbons (Fsp3) is 0.929. The van der Waals surface area contributed by atoms with Crippen LogP contribution < -0.4 is 11.1 Å². The number of nitrogens with two attached hydrogens (primary N) is 1. The van der Waals surface area contributed by atoms with Crippen molar-refractivity contribution >= 4 is 6.09 Å². The van der Waals surface area contributed by atoms with Crippen molar-refractivity contribution in [1.29, 1.82) is 0 Å². The molecule has 102 valence electrons. The molecule has 4 aliphatic carbocycles. The molecule has 1 amide bonds. The number of alkyl carbamates (subject to hydrolysis) is 1. The number of rotatable bonds is 3. The molecular weight excluding hydrogens is 228 g/mol. The lowest BCUT2D eigenvalue weighted by Gasteiger charge is -2.55. The number of ether oxygens (including phenoxy) is 1. The van der Waals surface area contributed by atoms with Gasteiger partial charge in [-0.1, -0.05) is 0 Å². The molecule has 4 rings (SSSR count). The predicted molar refractivity (Wildman–Crippen MR) is 69.0 cm³/mol. The summed E-state index contributed by atoms with van der Waals surface area (Å²) in [4.78, 5) is 11.8. The van der Waals surface area contributed by atoms with Crippen LogP contribution in [0, 0.1) is 17.8 Å². The molecule has 4 aliphatic rings.